The van der Waals surface area contributed by atoms with Gasteiger partial charge in [-0.3, -0.25) is 0 Å². The van der Waals surface area contributed by atoms with Gasteiger partial charge in [0.2, 0.25) is 0 Å². The molecule has 0 aromatic heterocycles. The molecule has 3 atom stereocenters. The van der Waals surface area contributed by atoms with Gasteiger partial charge in [0, 0.05) is 6.54 Å². The zero-order valence-corrected chi connectivity index (χ0v) is 8.07. The molecule has 0 aromatic rings. The van der Waals surface area contributed by atoms with Crippen LogP contribution in [0.4, 0.5) is 0 Å². The maximum absolute atomic E-state index is 5.39. The average molecular weight is 184 g/mol. The zero-order valence-electron chi connectivity index (χ0n) is 7.25. The lowest BCUT2D eigenvalue weighted by Gasteiger charge is -2.21. The Morgan fingerprint density at radius 3 is 2.75 bits per heavy atom. The summed E-state index contributed by atoms with van der Waals surface area (Å²) in [5.41, 5.74) is 5.39. The minimum Gasteiger partial charge on any atom is -0.376 e. The largest absolute Gasteiger partial charge is 0.376 e. The molecule has 2 saturated carbocycles. The number of hydrogen-bond acceptors (Lipinski definition) is 1. The normalized spacial score (nSPS) is 38.5. The van der Waals surface area contributed by atoms with E-state index in [9.17, 15) is 0 Å². The van der Waals surface area contributed by atoms with Gasteiger partial charge in [-0.2, -0.15) is 0 Å². The predicted octanol–water partition coefficient (Wildman–Crippen LogP) is 1.26. The summed E-state index contributed by atoms with van der Waals surface area (Å²) in [5.74, 6) is 2.84. The first-order valence-corrected chi connectivity index (χ1v) is 5.20. The molecular formula is C9H16N2S. The van der Waals surface area contributed by atoms with Crippen LogP contribution in [0.3, 0.4) is 0 Å². The Balaban J connectivity index is 1.79. The summed E-state index contributed by atoms with van der Waals surface area (Å²) in [5, 5.41) is 3.54. The van der Waals surface area contributed by atoms with Gasteiger partial charge in [0.1, 0.15) is 0 Å². The molecule has 2 fully saturated rings. The van der Waals surface area contributed by atoms with Crippen molar-refractivity contribution < 1.29 is 0 Å². The summed E-state index contributed by atoms with van der Waals surface area (Å²) in [6, 6.07) is 0. The van der Waals surface area contributed by atoms with Crippen molar-refractivity contribution in [3.63, 3.8) is 0 Å². The molecule has 2 bridgehead atoms. The first kappa shape index (κ1) is 8.30. The molecule has 0 aliphatic heterocycles. The van der Waals surface area contributed by atoms with Crippen LogP contribution < -0.4 is 11.1 Å². The summed E-state index contributed by atoms with van der Waals surface area (Å²) in [7, 11) is 0. The summed E-state index contributed by atoms with van der Waals surface area (Å²) in [6.45, 7) is 1.01. The van der Waals surface area contributed by atoms with Gasteiger partial charge >= 0.3 is 0 Å². The molecule has 0 heterocycles. The maximum Gasteiger partial charge on any atom is 0.163 e. The van der Waals surface area contributed by atoms with Gasteiger partial charge < -0.3 is 11.1 Å². The minimum atomic E-state index is 0.456. The maximum atomic E-state index is 5.39. The smallest absolute Gasteiger partial charge is 0.163 e. The molecule has 68 valence electrons. The lowest BCUT2D eigenvalue weighted by molar-refractivity contribution is 0.332. The van der Waals surface area contributed by atoms with Crippen molar-refractivity contribution in [3.8, 4) is 0 Å². The Hall–Kier alpha value is -0.310. The van der Waals surface area contributed by atoms with Crippen molar-refractivity contribution in [1.29, 1.82) is 0 Å². The van der Waals surface area contributed by atoms with E-state index in [2.05, 4.69) is 5.32 Å². The van der Waals surface area contributed by atoms with Crippen LogP contribution in [0.25, 0.3) is 0 Å². The van der Waals surface area contributed by atoms with Crippen molar-refractivity contribution in [1.82, 2.24) is 5.32 Å². The molecule has 0 amide bonds. The Morgan fingerprint density at radius 2 is 2.25 bits per heavy atom. The van der Waals surface area contributed by atoms with Gasteiger partial charge in [-0.15, -0.1) is 0 Å². The first-order chi connectivity index (χ1) is 5.75. The quantitative estimate of drug-likeness (QED) is 0.634. The van der Waals surface area contributed by atoms with Crippen molar-refractivity contribution in [3.05, 3.63) is 0 Å². The first-order valence-electron chi connectivity index (χ1n) is 4.79. The lowest BCUT2D eigenvalue weighted by Crippen LogP contribution is -2.35. The fourth-order valence-electron chi connectivity index (χ4n) is 2.86. The molecule has 0 saturated heterocycles. The van der Waals surface area contributed by atoms with Crippen LogP contribution in [0.2, 0.25) is 0 Å². The zero-order chi connectivity index (χ0) is 8.55. The van der Waals surface area contributed by atoms with E-state index in [1.165, 1.54) is 25.7 Å². The Bertz CT molecular complexity index is 193. The van der Waals surface area contributed by atoms with Crippen LogP contribution in [-0.2, 0) is 0 Å². The van der Waals surface area contributed by atoms with Gasteiger partial charge in [-0.05, 0) is 49.2 Å². The molecule has 3 heteroatoms. The number of nitrogens with one attached hydrogen (secondary N) is 1. The third-order valence-corrected chi connectivity index (χ3v) is 3.57. The topological polar surface area (TPSA) is 38.0 Å². The highest BCUT2D eigenvalue weighted by Gasteiger charge is 2.38. The van der Waals surface area contributed by atoms with Crippen LogP contribution in [0.5, 0.6) is 0 Å². The highest BCUT2D eigenvalue weighted by Crippen LogP contribution is 2.47. The predicted molar refractivity (Wildman–Crippen MR) is 53.7 cm³/mol. The van der Waals surface area contributed by atoms with Crippen LogP contribution in [0, 0.1) is 17.8 Å². The second kappa shape index (κ2) is 3.21. The van der Waals surface area contributed by atoms with E-state index in [0.717, 1.165) is 24.3 Å². The molecule has 2 aliphatic carbocycles. The van der Waals surface area contributed by atoms with E-state index in [1.807, 2.05) is 0 Å². The fourth-order valence-corrected chi connectivity index (χ4v) is 2.94. The molecule has 2 rings (SSSR count). The number of fused-ring (bicyclic) bond motifs is 2. The monoisotopic (exact) mass is 184 g/mol. The highest BCUT2D eigenvalue weighted by molar-refractivity contribution is 7.80. The van der Waals surface area contributed by atoms with Crippen molar-refractivity contribution in [2.45, 2.75) is 25.7 Å². The Morgan fingerprint density at radius 1 is 1.42 bits per heavy atom. The summed E-state index contributed by atoms with van der Waals surface area (Å²) < 4.78 is 0. The van der Waals surface area contributed by atoms with Crippen LogP contribution >= 0.6 is 12.2 Å². The molecular weight excluding hydrogens is 168 g/mol. The fraction of sp³-hybridized carbons (Fsp3) is 0.889. The van der Waals surface area contributed by atoms with Crippen molar-refractivity contribution in [2.24, 2.45) is 23.5 Å². The van der Waals surface area contributed by atoms with Gasteiger partial charge in [0.25, 0.3) is 0 Å². The van der Waals surface area contributed by atoms with E-state index >= 15 is 0 Å². The van der Waals surface area contributed by atoms with Gasteiger partial charge in [0.05, 0.1) is 0 Å². The van der Waals surface area contributed by atoms with Gasteiger partial charge in [0.15, 0.2) is 5.11 Å². The molecule has 2 nitrogen and oxygen atoms in total. The SMILES string of the molecule is NC(=S)NC[C@H]1C[C@@H]2CC[C@H]1C2. The van der Waals surface area contributed by atoms with E-state index in [-0.39, 0.29) is 0 Å². The average Bonchev–Trinajstić information content (AvgIpc) is 2.60. The van der Waals surface area contributed by atoms with Gasteiger partial charge in [-0.25, -0.2) is 0 Å². The summed E-state index contributed by atoms with van der Waals surface area (Å²) in [4.78, 5) is 0. The summed E-state index contributed by atoms with van der Waals surface area (Å²) in [6.07, 6.45) is 5.77. The number of thiocarbonyl (C=S) groups is 1. The second-order valence-electron chi connectivity index (χ2n) is 4.18. The Labute approximate surface area is 78.9 Å². The minimum absolute atomic E-state index is 0.456. The molecule has 12 heavy (non-hydrogen) atoms. The van der Waals surface area contributed by atoms with Crippen LogP contribution in [0.1, 0.15) is 25.7 Å². The number of rotatable bonds is 2. The number of hydrogen-bond donors (Lipinski definition) is 2. The highest BCUT2D eigenvalue weighted by atomic mass is 32.1. The van der Waals surface area contributed by atoms with Crippen LogP contribution in [0.15, 0.2) is 0 Å². The van der Waals surface area contributed by atoms with Crippen LogP contribution in [-0.4, -0.2) is 11.7 Å². The van der Waals surface area contributed by atoms with E-state index in [0.29, 0.717) is 5.11 Å². The Kier molecular flexibility index (Phi) is 2.22. The molecule has 0 unspecified atom stereocenters. The molecule has 3 N–H and O–H groups in total. The van der Waals surface area contributed by atoms with Gasteiger partial charge in [-0.1, -0.05) is 6.42 Å². The van der Waals surface area contributed by atoms with E-state index in [4.69, 9.17) is 18.0 Å². The standard InChI is InChI=1S/C9H16N2S/c10-9(12)11-5-8-4-6-1-2-7(8)3-6/h6-8H,1-5H2,(H3,10,11,12)/t6-,7+,8-/m1/s1. The van der Waals surface area contributed by atoms with Crippen molar-refractivity contribution >= 4 is 17.3 Å². The molecule has 0 radical (unpaired) electrons. The lowest BCUT2D eigenvalue weighted by atomic mass is 9.89. The van der Waals surface area contributed by atoms with E-state index in [1.54, 1.807) is 0 Å². The third kappa shape index (κ3) is 1.56. The second-order valence-corrected chi connectivity index (χ2v) is 4.62. The summed E-state index contributed by atoms with van der Waals surface area (Å²) >= 11 is 4.78. The van der Waals surface area contributed by atoms with E-state index < -0.39 is 0 Å². The molecule has 0 aromatic carbocycles. The third-order valence-electron chi connectivity index (χ3n) is 3.42. The molecule has 0 spiro atoms. The number of nitrogens with two attached hydrogens (primary N) is 1. The van der Waals surface area contributed by atoms with Crippen molar-refractivity contribution in [2.75, 3.05) is 6.54 Å². The molecule has 2 aliphatic rings.